The minimum absolute atomic E-state index is 0.188. The lowest BCUT2D eigenvalue weighted by molar-refractivity contribution is 1.08. The molecule has 0 radical (unpaired) electrons. The number of halogens is 2. The van der Waals surface area contributed by atoms with Crippen LogP contribution in [0, 0.1) is 0 Å². The van der Waals surface area contributed by atoms with Crippen molar-refractivity contribution in [3.8, 4) is 0 Å². The van der Waals surface area contributed by atoms with Crippen LogP contribution in [0.2, 0.25) is 10.0 Å². The van der Waals surface area contributed by atoms with Crippen LogP contribution >= 0.6 is 23.2 Å². The predicted molar refractivity (Wildman–Crippen MR) is 159 cm³/mol. The monoisotopic (exact) mass is 516 g/mol. The normalized spacial score (nSPS) is 10.7. The zero-order chi connectivity index (χ0) is 25.5. The van der Waals surface area contributed by atoms with Crippen LogP contribution in [0.5, 0.6) is 0 Å². The predicted octanol–water partition coefficient (Wildman–Crippen LogP) is 10.3. The fourth-order valence-corrected chi connectivity index (χ4v) is 5.24. The van der Waals surface area contributed by atoms with Gasteiger partial charge in [-0.1, -0.05) is 163 Å². The summed E-state index contributed by atoms with van der Waals surface area (Å²) in [6.07, 6.45) is 4.56. The summed E-state index contributed by atoms with van der Waals surface area (Å²) in [6.45, 7) is 0. The molecule has 0 amide bonds. The lowest BCUT2D eigenvalue weighted by Crippen LogP contribution is -2.00. The Morgan fingerprint density at radius 1 is 0.405 bits per heavy atom. The first-order valence-electron chi connectivity index (χ1n) is 12.3. The van der Waals surface area contributed by atoms with E-state index >= 15 is 0 Å². The summed E-state index contributed by atoms with van der Waals surface area (Å²) in [4.78, 5) is 0. The van der Waals surface area contributed by atoms with Crippen LogP contribution in [0.1, 0.15) is 33.7 Å². The molecule has 0 nitrogen and oxygen atoms in total. The quantitative estimate of drug-likeness (QED) is 0.201. The van der Waals surface area contributed by atoms with E-state index in [2.05, 4.69) is 109 Å². The summed E-state index contributed by atoms with van der Waals surface area (Å²) in [7, 11) is 0. The van der Waals surface area contributed by atoms with E-state index in [-0.39, 0.29) is 5.92 Å². The molecule has 0 N–H and O–H groups in total. The van der Waals surface area contributed by atoms with Crippen molar-refractivity contribution in [1.82, 2.24) is 0 Å². The fraction of sp³-hybridized carbons (Fsp3) is 0.0286. The second-order valence-electron chi connectivity index (χ2n) is 8.79. The molecule has 180 valence electrons. The highest BCUT2D eigenvalue weighted by Crippen LogP contribution is 2.39. The third-order valence-corrected chi connectivity index (χ3v) is 7.02. The molecule has 0 fully saturated rings. The van der Waals surface area contributed by atoms with Crippen LogP contribution < -0.4 is 0 Å². The summed E-state index contributed by atoms with van der Waals surface area (Å²) >= 11 is 13.7. The van der Waals surface area contributed by atoms with Gasteiger partial charge in [-0.25, -0.2) is 0 Å². The van der Waals surface area contributed by atoms with Crippen molar-refractivity contribution < 1.29 is 0 Å². The van der Waals surface area contributed by atoms with Crippen molar-refractivity contribution in [2.24, 2.45) is 0 Å². The highest BCUT2D eigenvalue weighted by molar-refractivity contribution is 6.36. The largest absolute Gasteiger partial charge is 0.0839 e. The third kappa shape index (κ3) is 5.94. The molecule has 0 aliphatic carbocycles. The summed E-state index contributed by atoms with van der Waals surface area (Å²) < 4.78 is 0. The van der Waals surface area contributed by atoms with Gasteiger partial charge in [-0.3, -0.25) is 0 Å². The van der Waals surface area contributed by atoms with Crippen LogP contribution in [0.25, 0.3) is 11.1 Å². The van der Waals surface area contributed by atoms with Crippen molar-refractivity contribution in [3.05, 3.63) is 190 Å². The van der Waals surface area contributed by atoms with E-state index in [1.54, 1.807) is 0 Å². The second kappa shape index (κ2) is 11.9. The van der Waals surface area contributed by atoms with Gasteiger partial charge in [-0.05, 0) is 45.5 Å². The SMILES string of the molecule is Clc1cccc(Cl)c1C(C=C(c1ccccc1)c1ccccc1)C=C(c1ccccc1)c1ccccc1. The van der Waals surface area contributed by atoms with Crippen molar-refractivity contribution >= 4 is 34.3 Å². The number of rotatable bonds is 7. The molecule has 0 saturated carbocycles. The van der Waals surface area contributed by atoms with Crippen LogP contribution in [-0.2, 0) is 0 Å². The Hall–Kier alpha value is -3.84. The summed E-state index contributed by atoms with van der Waals surface area (Å²) in [5, 5.41) is 1.29. The molecular weight excluding hydrogens is 491 g/mol. The molecule has 5 rings (SSSR count). The Labute approximate surface area is 229 Å². The van der Waals surface area contributed by atoms with Gasteiger partial charge in [-0.2, -0.15) is 0 Å². The van der Waals surface area contributed by atoms with Crippen molar-refractivity contribution in [2.45, 2.75) is 5.92 Å². The molecule has 0 aromatic heterocycles. The van der Waals surface area contributed by atoms with E-state index in [0.717, 1.165) is 39.0 Å². The molecule has 5 aromatic carbocycles. The maximum Gasteiger partial charge on any atom is 0.0462 e. The van der Waals surface area contributed by atoms with Crippen LogP contribution in [0.3, 0.4) is 0 Å². The van der Waals surface area contributed by atoms with E-state index in [1.807, 2.05) is 42.5 Å². The minimum atomic E-state index is -0.188. The van der Waals surface area contributed by atoms with E-state index in [0.29, 0.717) is 10.0 Å². The topological polar surface area (TPSA) is 0 Å². The number of hydrogen-bond acceptors (Lipinski definition) is 0. The minimum Gasteiger partial charge on any atom is -0.0839 e. The van der Waals surface area contributed by atoms with E-state index in [4.69, 9.17) is 23.2 Å². The Morgan fingerprint density at radius 2 is 0.703 bits per heavy atom. The average molecular weight is 517 g/mol. The van der Waals surface area contributed by atoms with Crippen molar-refractivity contribution in [2.75, 3.05) is 0 Å². The molecule has 0 bridgehead atoms. The zero-order valence-electron chi connectivity index (χ0n) is 20.3. The van der Waals surface area contributed by atoms with Gasteiger partial charge in [0.05, 0.1) is 0 Å². The smallest absolute Gasteiger partial charge is 0.0462 e. The first kappa shape index (κ1) is 24.8. The van der Waals surface area contributed by atoms with Gasteiger partial charge in [0, 0.05) is 21.5 Å². The summed E-state index contributed by atoms with van der Waals surface area (Å²) in [6, 6.07) is 47.5. The molecule has 0 aliphatic heterocycles. The van der Waals surface area contributed by atoms with Gasteiger partial charge >= 0.3 is 0 Å². The maximum atomic E-state index is 6.83. The first-order valence-corrected chi connectivity index (χ1v) is 13.1. The lowest BCUT2D eigenvalue weighted by Gasteiger charge is -2.19. The number of allylic oxidation sites excluding steroid dienone is 2. The van der Waals surface area contributed by atoms with Gasteiger partial charge in [0.25, 0.3) is 0 Å². The van der Waals surface area contributed by atoms with Crippen LogP contribution in [0.15, 0.2) is 152 Å². The van der Waals surface area contributed by atoms with Gasteiger partial charge < -0.3 is 0 Å². The van der Waals surface area contributed by atoms with Gasteiger partial charge in [0.2, 0.25) is 0 Å². The maximum absolute atomic E-state index is 6.83. The van der Waals surface area contributed by atoms with E-state index in [1.165, 1.54) is 0 Å². The Bertz CT molecular complexity index is 1310. The zero-order valence-corrected chi connectivity index (χ0v) is 21.8. The molecule has 2 heteroatoms. The average Bonchev–Trinajstić information content (AvgIpc) is 2.96. The molecule has 0 heterocycles. The lowest BCUT2D eigenvalue weighted by atomic mass is 9.86. The molecule has 5 aromatic rings. The molecule has 0 saturated heterocycles. The molecule has 0 aliphatic rings. The number of hydrogen-bond donors (Lipinski definition) is 0. The summed E-state index contributed by atoms with van der Waals surface area (Å²) in [5.74, 6) is -0.188. The Morgan fingerprint density at radius 3 is 1.00 bits per heavy atom. The summed E-state index contributed by atoms with van der Waals surface area (Å²) in [5.41, 5.74) is 7.68. The Kier molecular flexibility index (Phi) is 8.01. The van der Waals surface area contributed by atoms with Crippen molar-refractivity contribution in [3.63, 3.8) is 0 Å². The molecule has 0 spiro atoms. The van der Waals surface area contributed by atoms with Crippen molar-refractivity contribution in [1.29, 1.82) is 0 Å². The standard InChI is InChI=1S/C35H26Cl2/c36-33-22-13-23-34(37)35(33)30(24-31(26-14-5-1-6-15-26)27-16-7-2-8-17-27)25-32(28-18-9-3-10-19-28)29-20-11-4-12-21-29/h1-25,30H. The van der Waals surface area contributed by atoms with Gasteiger partial charge in [0.15, 0.2) is 0 Å². The fourth-order valence-electron chi connectivity index (χ4n) is 4.59. The molecule has 37 heavy (non-hydrogen) atoms. The third-order valence-electron chi connectivity index (χ3n) is 6.36. The molecular formula is C35H26Cl2. The van der Waals surface area contributed by atoms with Gasteiger partial charge in [0.1, 0.15) is 0 Å². The second-order valence-corrected chi connectivity index (χ2v) is 9.60. The molecule has 0 atom stereocenters. The Balaban J connectivity index is 1.79. The van der Waals surface area contributed by atoms with Crippen LogP contribution in [-0.4, -0.2) is 0 Å². The van der Waals surface area contributed by atoms with Gasteiger partial charge in [-0.15, -0.1) is 0 Å². The molecule has 0 unspecified atom stereocenters. The number of benzene rings is 5. The highest BCUT2D eigenvalue weighted by Gasteiger charge is 2.19. The highest BCUT2D eigenvalue weighted by atomic mass is 35.5. The first-order chi connectivity index (χ1) is 18.2. The van der Waals surface area contributed by atoms with E-state index < -0.39 is 0 Å². The van der Waals surface area contributed by atoms with E-state index in [9.17, 15) is 0 Å². The van der Waals surface area contributed by atoms with Crippen LogP contribution in [0.4, 0.5) is 0 Å².